The Kier molecular flexibility index (Phi) is 7.92. The molecule has 3 rings (SSSR count). The van der Waals surface area contributed by atoms with Gasteiger partial charge in [0, 0.05) is 35.1 Å². The third-order valence-corrected chi connectivity index (χ3v) is 5.89. The summed E-state index contributed by atoms with van der Waals surface area (Å²) >= 11 is 0. The van der Waals surface area contributed by atoms with Crippen LogP contribution in [0.3, 0.4) is 0 Å². The summed E-state index contributed by atoms with van der Waals surface area (Å²) in [6.07, 6.45) is 6.49. The number of carbonyl (C=O) groups is 2. The number of hydrogen-bond donors (Lipinski definition) is 2. The molecule has 1 unspecified atom stereocenters. The number of anilines is 1. The van der Waals surface area contributed by atoms with Crippen LogP contribution in [0.5, 0.6) is 5.75 Å². The Bertz CT molecular complexity index is 1090. The summed E-state index contributed by atoms with van der Waals surface area (Å²) in [6.45, 7) is 4.20. The van der Waals surface area contributed by atoms with E-state index in [0.29, 0.717) is 17.7 Å². The van der Waals surface area contributed by atoms with Crippen LogP contribution in [-0.2, 0) is 16.0 Å². The van der Waals surface area contributed by atoms with Gasteiger partial charge in [-0.2, -0.15) is 0 Å². The zero-order valence-corrected chi connectivity index (χ0v) is 19.3. The third-order valence-electron chi connectivity index (χ3n) is 5.89. The minimum absolute atomic E-state index is 0.0360. The number of H-pyrrole nitrogens is 1. The molecule has 0 aliphatic heterocycles. The van der Waals surface area contributed by atoms with Crippen LogP contribution in [0.2, 0.25) is 0 Å². The highest BCUT2D eigenvalue weighted by Crippen LogP contribution is 2.29. The Balaban J connectivity index is 1.83. The Hall–Kier alpha value is -3.28. The molecule has 0 saturated carbocycles. The van der Waals surface area contributed by atoms with E-state index in [4.69, 9.17) is 9.47 Å². The molecule has 0 bridgehead atoms. The van der Waals surface area contributed by atoms with Crippen molar-refractivity contribution in [3.05, 3.63) is 59.3 Å². The fourth-order valence-electron chi connectivity index (χ4n) is 3.96. The summed E-state index contributed by atoms with van der Waals surface area (Å²) in [7, 11) is 2.95. The average molecular weight is 437 g/mol. The second kappa shape index (κ2) is 10.8. The van der Waals surface area contributed by atoms with E-state index in [9.17, 15) is 9.59 Å². The van der Waals surface area contributed by atoms with E-state index < -0.39 is 5.97 Å². The van der Waals surface area contributed by atoms with Gasteiger partial charge in [0.1, 0.15) is 5.75 Å². The van der Waals surface area contributed by atoms with E-state index >= 15 is 0 Å². The van der Waals surface area contributed by atoms with Gasteiger partial charge in [0.2, 0.25) is 5.91 Å². The molecule has 2 N–H and O–H groups in total. The van der Waals surface area contributed by atoms with Crippen LogP contribution in [0.25, 0.3) is 10.9 Å². The molecule has 170 valence electrons. The molecule has 0 aliphatic carbocycles. The Morgan fingerprint density at radius 1 is 1.06 bits per heavy atom. The second-order valence-electron chi connectivity index (χ2n) is 8.01. The summed E-state index contributed by atoms with van der Waals surface area (Å²) in [4.78, 5) is 27.8. The molecule has 3 aromatic rings. The fraction of sp³-hybridized carbons (Fsp3) is 0.385. The highest BCUT2D eigenvalue weighted by atomic mass is 16.5. The molecule has 1 aromatic heterocycles. The predicted molar refractivity (Wildman–Crippen MR) is 127 cm³/mol. The van der Waals surface area contributed by atoms with Crippen molar-refractivity contribution in [2.24, 2.45) is 5.92 Å². The molecule has 0 saturated heterocycles. The predicted octanol–water partition coefficient (Wildman–Crippen LogP) is 5.71. The van der Waals surface area contributed by atoms with Crippen LogP contribution in [0, 0.1) is 5.92 Å². The number of benzene rings is 2. The SMILES string of the molecule is CCCCC(CC)C(=O)Nc1ccc2[nH]cc(Cc3ccc(C(=O)OC)cc3OC)c2c1. The van der Waals surface area contributed by atoms with Gasteiger partial charge in [0.25, 0.3) is 0 Å². The molecule has 1 heterocycles. The van der Waals surface area contributed by atoms with Gasteiger partial charge in [-0.1, -0.05) is 32.8 Å². The van der Waals surface area contributed by atoms with Crippen molar-refractivity contribution >= 4 is 28.5 Å². The molecule has 6 nitrogen and oxygen atoms in total. The van der Waals surface area contributed by atoms with Gasteiger partial charge in [-0.15, -0.1) is 0 Å². The van der Waals surface area contributed by atoms with Crippen molar-refractivity contribution in [2.45, 2.75) is 46.0 Å². The van der Waals surface area contributed by atoms with Gasteiger partial charge >= 0.3 is 5.97 Å². The number of hydrogen-bond acceptors (Lipinski definition) is 4. The van der Waals surface area contributed by atoms with Crippen molar-refractivity contribution in [2.75, 3.05) is 19.5 Å². The number of fused-ring (bicyclic) bond motifs is 1. The number of nitrogens with one attached hydrogen (secondary N) is 2. The maximum Gasteiger partial charge on any atom is 0.337 e. The lowest BCUT2D eigenvalue weighted by atomic mass is 9.98. The van der Waals surface area contributed by atoms with Crippen LogP contribution in [0.1, 0.15) is 61.0 Å². The molecule has 0 aliphatic rings. The van der Waals surface area contributed by atoms with E-state index in [1.807, 2.05) is 30.5 Å². The molecule has 1 atom stereocenters. The average Bonchev–Trinajstić information content (AvgIpc) is 3.21. The maximum absolute atomic E-state index is 12.7. The van der Waals surface area contributed by atoms with Gasteiger partial charge in [-0.05, 0) is 54.3 Å². The third kappa shape index (κ3) is 5.31. The lowest BCUT2D eigenvalue weighted by molar-refractivity contribution is -0.120. The van der Waals surface area contributed by atoms with Crippen LogP contribution < -0.4 is 10.1 Å². The zero-order chi connectivity index (χ0) is 23.1. The first-order valence-corrected chi connectivity index (χ1v) is 11.2. The molecule has 32 heavy (non-hydrogen) atoms. The summed E-state index contributed by atoms with van der Waals surface area (Å²) in [5.41, 5.74) is 4.29. The molecule has 0 radical (unpaired) electrons. The number of aromatic amines is 1. The second-order valence-corrected chi connectivity index (χ2v) is 8.01. The highest BCUT2D eigenvalue weighted by molar-refractivity contribution is 5.96. The molecule has 0 fully saturated rings. The van der Waals surface area contributed by atoms with Gasteiger partial charge < -0.3 is 19.8 Å². The van der Waals surface area contributed by atoms with Gasteiger partial charge in [-0.3, -0.25) is 4.79 Å². The van der Waals surface area contributed by atoms with Gasteiger partial charge in [-0.25, -0.2) is 4.79 Å². The molecular weight excluding hydrogens is 404 g/mol. The minimum Gasteiger partial charge on any atom is -0.496 e. The lowest BCUT2D eigenvalue weighted by Crippen LogP contribution is -2.22. The lowest BCUT2D eigenvalue weighted by Gasteiger charge is -2.15. The number of amides is 1. The van der Waals surface area contributed by atoms with Crippen molar-refractivity contribution in [1.29, 1.82) is 0 Å². The first kappa shape index (κ1) is 23.4. The first-order chi connectivity index (χ1) is 15.5. The van der Waals surface area contributed by atoms with Gasteiger partial charge in [0.05, 0.1) is 19.8 Å². The summed E-state index contributed by atoms with van der Waals surface area (Å²) in [5, 5.41) is 4.14. The van der Waals surface area contributed by atoms with Crippen molar-refractivity contribution in [3.63, 3.8) is 0 Å². The molecule has 0 spiro atoms. The molecule has 2 aromatic carbocycles. The smallest absolute Gasteiger partial charge is 0.337 e. The van der Waals surface area contributed by atoms with E-state index in [0.717, 1.165) is 53.4 Å². The van der Waals surface area contributed by atoms with Crippen molar-refractivity contribution in [1.82, 2.24) is 4.98 Å². The first-order valence-electron chi connectivity index (χ1n) is 11.2. The normalized spacial score (nSPS) is 11.9. The Labute approximate surface area is 189 Å². The molecule has 6 heteroatoms. The zero-order valence-electron chi connectivity index (χ0n) is 19.3. The number of methoxy groups -OCH3 is 2. The highest BCUT2D eigenvalue weighted by Gasteiger charge is 2.17. The number of ether oxygens (including phenoxy) is 2. The van der Waals surface area contributed by atoms with Crippen LogP contribution in [-0.4, -0.2) is 31.1 Å². The summed E-state index contributed by atoms with van der Waals surface area (Å²) in [6, 6.07) is 11.3. The number of unbranched alkanes of at least 4 members (excludes halogenated alkanes) is 1. The largest absolute Gasteiger partial charge is 0.496 e. The quantitative estimate of drug-likeness (QED) is 0.399. The standard InChI is InChI=1S/C26H32N2O4/c1-5-7-8-17(6-2)25(29)28-21-11-12-23-22(15-21)20(16-27-23)13-18-9-10-19(26(30)32-4)14-24(18)31-3/h9-12,14-17,27H,5-8,13H2,1-4H3,(H,28,29). The van der Waals surface area contributed by atoms with Crippen LogP contribution in [0.15, 0.2) is 42.6 Å². The molecular formula is C26H32N2O4. The maximum atomic E-state index is 12.7. The van der Waals surface area contributed by atoms with E-state index in [-0.39, 0.29) is 11.8 Å². The Morgan fingerprint density at radius 3 is 2.56 bits per heavy atom. The van der Waals surface area contributed by atoms with Crippen molar-refractivity contribution < 1.29 is 19.1 Å². The number of carbonyl (C=O) groups excluding carboxylic acids is 2. The fourth-order valence-corrected chi connectivity index (χ4v) is 3.96. The minimum atomic E-state index is -0.397. The van der Waals surface area contributed by atoms with Crippen molar-refractivity contribution in [3.8, 4) is 5.75 Å². The number of esters is 1. The number of rotatable bonds is 10. The van der Waals surface area contributed by atoms with E-state index in [1.165, 1.54) is 7.11 Å². The van der Waals surface area contributed by atoms with E-state index in [1.54, 1.807) is 19.2 Å². The van der Waals surface area contributed by atoms with Crippen LogP contribution in [0.4, 0.5) is 5.69 Å². The summed E-state index contributed by atoms with van der Waals surface area (Å²) in [5.74, 6) is 0.353. The Morgan fingerprint density at radius 2 is 1.88 bits per heavy atom. The number of aromatic nitrogens is 1. The summed E-state index contributed by atoms with van der Waals surface area (Å²) < 4.78 is 10.3. The van der Waals surface area contributed by atoms with Crippen LogP contribution >= 0.6 is 0 Å². The topological polar surface area (TPSA) is 80.4 Å². The van der Waals surface area contributed by atoms with Gasteiger partial charge in [0.15, 0.2) is 0 Å². The monoisotopic (exact) mass is 436 g/mol. The van der Waals surface area contributed by atoms with E-state index in [2.05, 4.69) is 24.1 Å². The molecule has 1 amide bonds.